The van der Waals surface area contributed by atoms with Crippen LogP contribution >= 0.6 is 0 Å². The molecule has 0 unspecified atom stereocenters. The van der Waals surface area contributed by atoms with Gasteiger partial charge in [-0.1, -0.05) is 30.3 Å². The third-order valence-corrected chi connectivity index (χ3v) is 2.25. The molecule has 0 atom stereocenters. The van der Waals surface area contributed by atoms with Crippen molar-refractivity contribution in [2.24, 2.45) is 5.73 Å². The van der Waals surface area contributed by atoms with E-state index in [0.717, 1.165) is 11.3 Å². The van der Waals surface area contributed by atoms with Crippen LogP contribution in [0, 0.1) is 0 Å². The van der Waals surface area contributed by atoms with Gasteiger partial charge in [-0.2, -0.15) is 0 Å². The second kappa shape index (κ2) is 4.14. The maximum Gasteiger partial charge on any atom is 0.361 e. The number of H-pyrrole nitrogens is 1. The van der Waals surface area contributed by atoms with E-state index < -0.39 is 0 Å². The summed E-state index contributed by atoms with van der Waals surface area (Å²) in [6.45, 7) is 0.433. The molecule has 15 heavy (non-hydrogen) atoms. The van der Waals surface area contributed by atoms with Crippen molar-refractivity contribution >= 4 is 0 Å². The van der Waals surface area contributed by atoms with Crippen LogP contribution in [0.3, 0.4) is 0 Å². The maximum atomic E-state index is 11.3. The van der Waals surface area contributed by atoms with Gasteiger partial charge in [0.15, 0.2) is 0 Å². The summed E-state index contributed by atoms with van der Waals surface area (Å²) >= 11 is 0. The molecule has 78 valence electrons. The zero-order valence-electron chi connectivity index (χ0n) is 8.19. The van der Waals surface area contributed by atoms with E-state index in [-0.39, 0.29) is 5.63 Å². The van der Waals surface area contributed by atoms with Crippen LogP contribution in [-0.2, 0) is 6.42 Å². The van der Waals surface area contributed by atoms with Crippen molar-refractivity contribution in [3.05, 3.63) is 46.3 Å². The summed E-state index contributed by atoms with van der Waals surface area (Å²) in [7, 11) is 0. The van der Waals surface area contributed by atoms with Gasteiger partial charge in [0.1, 0.15) is 0 Å². The van der Waals surface area contributed by atoms with Crippen molar-refractivity contribution in [3.63, 3.8) is 0 Å². The van der Waals surface area contributed by atoms with Gasteiger partial charge in [0.25, 0.3) is 0 Å². The lowest BCUT2D eigenvalue weighted by Gasteiger charge is -1.98. The Kier molecular flexibility index (Phi) is 2.69. The quantitative estimate of drug-likeness (QED) is 0.787. The molecule has 0 aliphatic carbocycles. The SMILES string of the molecule is NCCc1c(-c2ccccc2)[nH]oc1=O. The van der Waals surface area contributed by atoms with Gasteiger partial charge in [-0.15, -0.1) is 0 Å². The highest BCUT2D eigenvalue weighted by Gasteiger charge is 2.12. The minimum absolute atomic E-state index is 0.334. The number of aromatic nitrogens is 1. The summed E-state index contributed by atoms with van der Waals surface area (Å²) in [5, 5.41) is 2.63. The molecule has 0 amide bonds. The van der Waals surface area contributed by atoms with Crippen LogP contribution < -0.4 is 11.4 Å². The monoisotopic (exact) mass is 204 g/mol. The summed E-state index contributed by atoms with van der Waals surface area (Å²) in [6, 6.07) is 9.58. The molecule has 1 heterocycles. The number of hydrogen-bond acceptors (Lipinski definition) is 3. The number of rotatable bonds is 3. The fourth-order valence-electron chi connectivity index (χ4n) is 1.53. The van der Waals surface area contributed by atoms with Gasteiger partial charge in [-0.05, 0) is 13.0 Å². The maximum absolute atomic E-state index is 11.3. The Morgan fingerprint density at radius 1 is 1.27 bits per heavy atom. The molecule has 4 heteroatoms. The van der Waals surface area contributed by atoms with Crippen LogP contribution in [0.5, 0.6) is 0 Å². The molecule has 4 nitrogen and oxygen atoms in total. The third-order valence-electron chi connectivity index (χ3n) is 2.25. The van der Waals surface area contributed by atoms with Crippen molar-refractivity contribution in [2.45, 2.75) is 6.42 Å². The molecule has 0 saturated heterocycles. The van der Waals surface area contributed by atoms with Gasteiger partial charge in [-0.25, -0.2) is 9.95 Å². The van der Waals surface area contributed by atoms with Gasteiger partial charge in [0.2, 0.25) is 0 Å². The number of benzene rings is 1. The Morgan fingerprint density at radius 3 is 2.67 bits per heavy atom. The summed E-state index contributed by atoms with van der Waals surface area (Å²) in [5.41, 5.74) is 7.39. The van der Waals surface area contributed by atoms with Gasteiger partial charge in [0, 0.05) is 5.56 Å². The molecule has 1 aromatic carbocycles. The molecule has 0 saturated carbocycles. The van der Waals surface area contributed by atoms with E-state index in [0.29, 0.717) is 18.5 Å². The van der Waals surface area contributed by atoms with E-state index >= 15 is 0 Å². The van der Waals surface area contributed by atoms with Crippen LogP contribution in [0.15, 0.2) is 39.6 Å². The molecule has 1 aromatic heterocycles. The second-order valence-electron chi connectivity index (χ2n) is 3.25. The Balaban J connectivity index is 2.49. The highest BCUT2D eigenvalue weighted by molar-refractivity contribution is 5.61. The standard InChI is InChI=1S/C11H12N2O2/c12-7-6-9-10(13-15-11(9)14)8-4-2-1-3-5-8/h1-5,13H,6-7,12H2. The molecular weight excluding hydrogens is 192 g/mol. The van der Waals surface area contributed by atoms with Crippen molar-refractivity contribution < 1.29 is 4.52 Å². The fraction of sp³-hybridized carbons (Fsp3) is 0.182. The van der Waals surface area contributed by atoms with Crippen LogP contribution in [-0.4, -0.2) is 11.7 Å². The molecule has 0 spiro atoms. The minimum Gasteiger partial charge on any atom is -0.338 e. The van der Waals surface area contributed by atoms with Crippen LogP contribution in [0.1, 0.15) is 5.56 Å². The lowest BCUT2D eigenvalue weighted by Crippen LogP contribution is -2.10. The largest absolute Gasteiger partial charge is 0.361 e. The Hall–Kier alpha value is -1.81. The zero-order valence-corrected chi connectivity index (χ0v) is 8.19. The first-order valence-electron chi connectivity index (χ1n) is 4.78. The number of hydrogen-bond donors (Lipinski definition) is 2. The van der Waals surface area contributed by atoms with Gasteiger partial charge in [0.05, 0.1) is 11.3 Å². The van der Waals surface area contributed by atoms with E-state index in [2.05, 4.69) is 5.16 Å². The zero-order chi connectivity index (χ0) is 10.7. The van der Waals surface area contributed by atoms with E-state index in [4.69, 9.17) is 10.3 Å². The van der Waals surface area contributed by atoms with Crippen molar-refractivity contribution in [1.29, 1.82) is 0 Å². The normalized spacial score (nSPS) is 10.5. The molecule has 0 aliphatic rings. The summed E-state index contributed by atoms with van der Waals surface area (Å²) in [5.74, 6) is 0. The van der Waals surface area contributed by atoms with Crippen molar-refractivity contribution in [2.75, 3.05) is 6.54 Å². The predicted molar refractivity (Wildman–Crippen MR) is 57.5 cm³/mol. The third kappa shape index (κ3) is 1.85. The smallest absolute Gasteiger partial charge is 0.338 e. The first-order valence-corrected chi connectivity index (χ1v) is 4.78. The highest BCUT2D eigenvalue weighted by atomic mass is 16.5. The number of nitrogens with two attached hydrogens (primary N) is 1. The van der Waals surface area contributed by atoms with Crippen molar-refractivity contribution in [3.8, 4) is 11.3 Å². The lowest BCUT2D eigenvalue weighted by molar-refractivity contribution is 0.392. The Morgan fingerprint density at radius 2 is 2.00 bits per heavy atom. The molecule has 3 N–H and O–H groups in total. The average molecular weight is 204 g/mol. The summed E-state index contributed by atoms with van der Waals surface area (Å²) in [6.07, 6.45) is 0.524. The molecule has 0 aliphatic heterocycles. The van der Waals surface area contributed by atoms with E-state index in [1.165, 1.54) is 0 Å². The van der Waals surface area contributed by atoms with Gasteiger partial charge in [-0.3, -0.25) is 0 Å². The van der Waals surface area contributed by atoms with E-state index in [1.54, 1.807) is 0 Å². The minimum atomic E-state index is -0.334. The molecule has 2 aromatic rings. The Bertz CT molecular complexity index is 485. The molecule has 0 fully saturated rings. The highest BCUT2D eigenvalue weighted by Crippen LogP contribution is 2.18. The summed E-state index contributed by atoms with van der Waals surface area (Å²) in [4.78, 5) is 11.3. The summed E-state index contributed by atoms with van der Waals surface area (Å²) < 4.78 is 4.77. The number of aromatic amines is 1. The number of nitrogens with one attached hydrogen (secondary N) is 1. The van der Waals surface area contributed by atoms with Crippen LogP contribution in [0.4, 0.5) is 0 Å². The molecular formula is C11H12N2O2. The fourth-order valence-corrected chi connectivity index (χ4v) is 1.53. The van der Waals surface area contributed by atoms with E-state index in [9.17, 15) is 4.79 Å². The first-order chi connectivity index (χ1) is 7.33. The molecule has 2 rings (SSSR count). The topological polar surface area (TPSA) is 72.0 Å². The molecule has 0 radical (unpaired) electrons. The van der Waals surface area contributed by atoms with Crippen LogP contribution in [0.25, 0.3) is 11.3 Å². The van der Waals surface area contributed by atoms with E-state index in [1.807, 2.05) is 30.3 Å². The first kappa shape index (κ1) is 9.73. The van der Waals surface area contributed by atoms with Gasteiger partial charge >= 0.3 is 5.63 Å². The predicted octanol–water partition coefficient (Wildman–Crippen LogP) is 1.14. The molecule has 0 bridgehead atoms. The second-order valence-corrected chi connectivity index (χ2v) is 3.25. The van der Waals surface area contributed by atoms with Crippen LogP contribution in [0.2, 0.25) is 0 Å². The lowest BCUT2D eigenvalue weighted by atomic mass is 10.1. The van der Waals surface area contributed by atoms with Crippen molar-refractivity contribution in [1.82, 2.24) is 5.16 Å². The Labute approximate surface area is 86.7 Å². The average Bonchev–Trinajstić information content (AvgIpc) is 2.63. The van der Waals surface area contributed by atoms with Gasteiger partial charge < -0.3 is 10.3 Å².